The second-order valence-electron chi connectivity index (χ2n) is 7.16. The number of thioether (sulfide) groups is 1. The number of rotatable bonds is 5. The van der Waals surface area contributed by atoms with E-state index in [4.69, 9.17) is 9.73 Å². The Morgan fingerprint density at radius 2 is 1.75 bits per heavy atom. The summed E-state index contributed by atoms with van der Waals surface area (Å²) in [4.78, 5) is 20.6. The molecule has 1 N–H and O–H groups in total. The number of halogens is 1. The lowest BCUT2D eigenvalue weighted by Crippen LogP contribution is -2.32. The first-order chi connectivity index (χ1) is 15.5. The predicted molar refractivity (Wildman–Crippen MR) is 138 cm³/mol. The number of hydrogen-bond donors (Lipinski definition) is 1. The Bertz CT molecular complexity index is 1200. The number of para-hydroxylation sites is 1. The largest absolute Gasteiger partial charge is 0.504 e. The highest BCUT2D eigenvalue weighted by Crippen LogP contribution is 2.40. The molecule has 0 bridgehead atoms. The highest BCUT2D eigenvalue weighted by Gasteiger charge is 2.37. The number of carbonyl (C=O) groups excluding carboxylic acids is 1. The molecule has 32 heavy (non-hydrogen) atoms. The molecule has 1 atom stereocenters. The van der Waals surface area contributed by atoms with E-state index in [9.17, 15) is 9.90 Å². The summed E-state index contributed by atoms with van der Waals surface area (Å²) >= 11 is 3.39. The van der Waals surface area contributed by atoms with Crippen molar-refractivity contribution in [1.29, 1.82) is 0 Å². The minimum Gasteiger partial charge on any atom is -0.504 e. The van der Waals surface area contributed by atoms with Crippen LogP contribution >= 0.6 is 34.4 Å². The SMILES string of the molecule is COc1cc(/C=C2/SC(=Nc3ccccc3)N([C@@H](C)c3ccccc3)C2=O)cc(I)c1O. The predicted octanol–water partition coefficient (Wildman–Crippen LogP) is 6.37. The van der Waals surface area contributed by atoms with Crippen molar-refractivity contribution >= 4 is 57.2 Å². The maximum atomic E-state index is 13.5. The third-order valence-electron chi connectivity index (χ3n) is 5.06. The molecule has 1 fully saturated rings. The number of amidine groups is 1. The van der Waals surface area contributed by atoms with Crippen molar-refractivity contribution < 1.29 is 14.6 Å². The number of phenolic OH excluding ortho intramolecular Hbond substituents is 1. The molecule has 1 aliphatic heterocycles. The van der Waals surface area contributed by atoms with E-state index in [1.54, 1.807) is 11.0 Å². The highest BCUT2D eigenvalue weighted by molar-refractivity contribution is 14.1. The molecule has 0 aromatic heterocycles. The van der Waals surface area contributed by atoms with Crippen LogP contribution < -0.4 is 4.74 Å². The molecule has 0 spiro atoms. The molecule has 4 rings (SSSR count). The van der Waals surface area contributed by atoms with Gasteiger partial charge in [-0.25, -0.2) is 4.99 Å². The Morgan fingerprint density at radius 3 is 2.41 bits per heavy atom. The van der Waals surface area contributed by atoms with Gasteiger partial charge in [0.25, 0.3) is 5.91 Å². The minimum absolute atomic E-state index is 0.0892. The van der Waals surface area contributed by atoms with Gasteiger partial charge in [0.15, 0.2) is 16.7 Å². The Labute approximate surface area is 205 Å². The van der Waals surface area contributed by atoms with Crippen LogP contribution in [0, 0.1) is 3.57 Å². The van der Waals surface area contributed by atoms with Crippen molar-refractivity contribution in [3.05, 3.63) is 92.4 Å². The number of benzene rings is 3. The first-order valence-electron chi connectivity index (χ1n) is 9.96. The van der Waals surface area contributed by atoms with Crippen molar-refractivity contribution in [2.45, 2.75) is 13.0 Å². The van der Waals surface area contributed by atoms with Crippen LogP contribution in [0.1, 0.15) is 24.1 Å². The maximum Gasteiger partial charge on any atom is 0.267 e. The van der Waals surface area contributed by atoms with Crippen molar-refractivity contribution in [1.82, 2.24) is 4.90 Å². The van der Waals surface area contributed by atoms with Gasteiger partial charge in [0.05, 0.1) is 27.3 Å². The summed E-state index contributed by atoms with van der Waals surface area (Å²) in [7, 11) is 1.51. The molecular weight excluding hydrogens is 535 g/mol. The van der Waals surface area contributed by atoms with Gasteiger partial charge in [-0.15, -0.1) is 0 Å². The zero-order valence-electron chi connectivity index (χ0n) is 17.5. The first kappa shape index (κ1) is 22.4. The monoisotopic (exact) mass is 556 g/mol. The molecule has 5 nitrogen and oxygen atoms in total. The van der Waals surface area contributed by atoms with Crippen LogP contribution in [-0.4, -0.2) is 28.2 Å². The van der Waals surface area contributed by atoms with Gasteiger partial charge in [-0.1, -0.05) is 48.5 Å². The topological polar surface area (TPSA) is 62.1 Å². The molecule has 1 saturated heterocycles. The molecule has 0 radical (unpaired) electrons. The van der Waals surface area contributed by atoms with Gasteiger partial charge in [0.1, 0.15) is 0 Å². The van der Waals surface area contributed by atoms with Gasteiger partial charge < -0.3 is 9.84 Å². The lowest BCUT2D eigenvalue weighted by atomic mass is 10.1. The number of nitrogens with zero attached hydrogens (tertiary/aromatic N) is 2. The smallest absolute Gasteiger partial charge is 0.267 e. The second-order valence-corrected chi connectivity index (χ2v) is 9.33. The maximum absolute atomic E-state index is 13.5. The Kier molecular flexibility index (Phi) is 6.86. The van der Waals surface area contributed by atoms with Crippen molar-refractivity contribution in [3.63, 3.8) is 0 Å². The number of methoxy groups -OCH3 is 1. The van der Waals surface area contributed by atoms with E-state index in [0.717, 1.165) is 16.8 Å². The summed E-state index contributed by atoms with van der Waals surface area (Å²) in [6, 6.07) is 22.9. The number of ether oxygens (including phenoxy) is 1. The van der Waals surface area contributed by atoms with E-state index in [-0.39, 0.29) is 17.7 Å². The Morgan fingerprint density at radius 1 is 1.09 bits per heavy atom. The van der Waals surface area contributed by atoms with Crippen LogP contribution in [-0.2, 0) is 4.79 Å². The van der Waals surface area contributed by atoms with E-state index in [1.807, 2.05) is 102 Å². The summed E-state index contributed by atoms with van der Waals surface area (Å²) in [5, 5.41) is 10.8. The van der Waals surface area contributed by atoms with Gasteiger partial charge in [-0.05, 0) is 82.7 Å². The van der Waals surface area contributed by atoms with E-state index in [0.29, 0.717) is 19.4 Å². The van der Waals surface area contributed by atoms with Gasteiger partial charge in [-0.2, -0.15) is 0 Å². The van der Waals surface area contributed by atoms with Crippen LogP contribution in [0.25, 0.3) is 6.08 Å². The first-order valence-corrected chi connectivity index (χ1v) is 11.9. The molecule has 1 aliphatic rings. The van der Waals surface area contributed by atoms with Crippen LogP contribution in [0.3, 0.4) is 0 Å². The number of aromatic hydroxyl groups is 1. The van der Waals surface area contributed by atoms with E-state index in [1.165, 1.54) is 18.9 Å². The minimum atomic E-state index is -0.181. The van der Waals surface area contributed by atoms with Crippen molar-refractivity contribution in [2.24, 2.45) is 4.99 Å². The molecule has 0 unspecified atom stereocenters. The number of hydrogen-bond acceptors (Lipinski definition) is 5. The van der Waals surface area contributed by atoms with Gasteiger partial charge in [0, 0.05) is 0 Å². The van der Waals surface area contributed by atoms with E-state index >= 15 is 0 Å². The fourth-order valence-corrected chi connectivity index (χ4v) is 5.08. The van der Waals surface area contributed by atoms with E-state index < -0.39 is 0 Å². The molecular formula is C25H21IN2O3S. The molecule has 1 amide bonds. The Balaban J connectivity index is 1.76. The summed E-state index contributed by atoms with van der Waals surface area (Å²) in [5.41, 5.74) is 2.59. The average molecular weight is 556 g/mol. The number of phenols is 1. The third-order valence-corrected chi connectivity index (χ3v) is 6.86. The standard InChI is InChI=1S/C25H21IN2O3S/c1-16(18-9-5-3-6-10-18)28-24(30)22(32-25(28)27-19-11-7-4-8-12-19)15-17-13-20(26)23(29)21(14-17)31-2/h3-16,29H,1-2H3/b22-15+,27-25?/t16-/m0/s1. The van der Waals surface area contributed by atoms with Crippen LogP contribution in [0.2, 0.25) is 0 Å². The van der Waals surface area contributed by atoms with Gasteiger partial charge >= 0.3 is 0 Å². The molecule has 162 valence electrons. The lowest BCUT2D eigenvalue weighted by molar-refractivity contribution is -0.123. The fourth-order valence-electron chi connectivity index (χ4n) is 3.38. The summed E-state index contributed by atoms with van der Waals surface area (Å²) in [6.45, 7) is 2.00. The number of aliphatic imine (C=N–C) groups is 1. The van der Waals surface area contributed by atoms with Crippen LogP contribution in [0.15, 0.2) is 82.7 Å². The molecule has 0 aliphatic carbocycles. The highest BCUT2D eigenvalue weighted by atomic mass is 127. The van der Waals surface area contributed by atoms with Crippen LogP contribution in [0.5, 0.6) is 11.5 Å². The number of amides is 1. The normalized spacial score (nSPS) is 17.2. The average Bonchev–Trinajstić information content (AvgIpc) is 3.11. The quantitative estimate of drug-likeness (QED) is 0.293. The van der Waals surface area contributed by atoms with E-state index in [2.05, 4.69) is 0 Å². The molecule has 3 aromatic rings. The zero-order valence-corrected chi connectivity index (χ0v) is 20.5. The van der Waals surface area contributed by atoms with Crippen LogP contribution in [0.4, 0.5) is 5.69 Å². The third kappa shape index (κ3) is 4.68. The summed E-state index contributed by atoms with van der Waals surface area (Å²) < 4.78 is 5.92. The van der Waals surface area contributed by atoms with Gasteiger partial charge in [0.2, 0.25) is 0 Å². The molecule has 0 saturated carbocycles. The summed E-state index contributed by atoms with van der Waals surface area (Å²) in [5.74, 6) is 0.348. The van der Waals surface area contributed by atoms with Gasteiger partial charge in [-0.3, -0.25) is 9.69 Å². The fraction of sp³-hybridized carbons (Fsp3) is 0.120. The Hall–Kier alpha value is -2.78. The molecule has 3 aromatic carbocycles. The molecule has 1 heterocycles. The summed E-state index contributed by atoms with van der Waals surface area (Å²) in [6.07, 6.45) is 1.81. The second kappa shape index (κ2) is 9.79. The number of carbonyl (C=O) groups is 1. The molecule has 7 heteroatoms. The zero-order chi connectivity index (χ0) is 22.7. The van der Waals surface area contributed by atoms with Crippen molar-refractivity contribution in [3.8, 4) is 11.5 Å². The van der Waals surface area contributed by atoms with Crippen molar-refractivity contribution in [2.75, 3.05) is 7.11 Å². The lowest BCUT2D eigenvalue weighted by Gasteiger charge is -2.24.